The van der Waals surface area contributed by atoms with Crippen molar-refractivity contribution in [3.63, 3.8) is 0 Å². The first-order valence-corrected chi connectivity index (χ1v) is 7.80. The van der Waals surface area contributed by atoms with Crippen molar-refractivity contribution in [2.24, 2.45) is 0 Å². The molecule has 3 rings (SSSR count). The maximum absolute atomic E-state index is 12.8. The molecule has 136 valence electrons. The van der Waals surface area contributed by atoms with Crippen LogP contribution in [0.15, 0.2) is 47.1 Å². The van der Waals surface area contributed by atoms with Gasteiger partial charge in [0, 0.05) is 24.9 Å². The summed E-state index contributed by atoms with van der Waals surface area (Å²) in [5.41, 5.74) is -0.0187. The van der Waals surface area contributed by atoms with Crippen LogP contribution in [0.2, 0.25) is 0 Å². The molecule has 0 aliphatic rings. The third kappa shape index (κ3) is 4.17. The van der Waals surface area contributed by atoms with Gasteiger partial charge in [0.05, 0.1) is 11.1 Å². The van der Waals surface area contributed by atoms with Crippen LogP contribution in [0.3, 0.4) is 0 Å². The SMILES string of the molecule is OCCCNc1ccc(-c2nc(-c3cccc(C(F)(F)F)c3)no2)cn1. The van der Waals surface area contributed by atoms with E-state index in [1.165, 1.54) is 18.3 Å². The molecule has 0 spiro atoms. The average Bonchev–Trinajstić information content (AvgIpc) is 3.12. The van der Waals surface area contributed by atoms with Crippen molar-refractivity contribution in [1.29, 1.82) is 0 Å². The van der Waals surface area contributed by atoms with Crippen LogP contribution >= 0.6 is 0 Å². The van der Waals surface area contributed by atoms with Crippen molar-refractivity contribution in [3.8, 4) is 22.8 Å². The van der Waals surface area contributed by atoms with E-state index < -0.39 is 11.7 Å². The Morgan fingerprint density at radius 3 is 2.65 bits per heavy atom. The van der Waals surface area contributed by atoms with Crippen LogP contribution in [0.25, 0.3) is 22.8 Å². The number of nitrogens with zero attached hydrogens (tertiary/aromatic N) is 3. The maximum Gasteiger partial charge on any atom is 0.416 e. The number of halogens is 3. The van der Waals surface area contributed by atoms with Crippen molar-refractivity contribution in [2.75, 3.05) is 18.5 Å². The highest BCUT2D eigenvalue weighted by Gasteiger charge is 2.30. The van der Waals surface area contributed by atoms with Crippen LogP contribution in [0.1, 0.15) is 12.0 Å². The molecule has 0 saturated heterocycles. The average molecular weight is 364 g/mol. The molecule has 0 atom stereocenters. The Balaban J connectivity index is 1.78. The Labute approximate surface area is 146 Å². The number of hydrogen-bond donors (Lipinski definition) is 2. The number of benzene rings is 1. The monoisotopic (exact) mass is 364 g/mol. The smallest absolute Gasteiger partial charge is 0.396 e. The van der Waals surface area contributed by atoms with Gasteiger partial charge in [-0.05, 0) is 30.7 Å². The number of alkyl halides is 3. The Hall–Kier alpha value is -2.94. The van der Waals surface area contributed by atoms with E-state index in [0.717, 1.165) is 12.1 Å². The van der Waals surface area contributed by atoms with Crippen molar-refractivity contribution >= 4 is 5.82 Å². The van der Waals surface area contributed by atoms with E-state index in [2.05, 4.69) is 20.4 Å². The third-order valence-electron chi connectivity index (χ3n) is 3.53. The molecular formula is C17H15F3N4O2. The normalized spacial score (nSPS) is 11.5. The fourth-order valence-corrected chi connectivity index (χ4v) is 2.21. The van der Waals surface area contributed by atoms with Crippen LogP contribution in [0.5, 0.6) is 0 Å². The Morgan fingerprint density at radius 1 is 1.12 bits per heavy atom. The molecule has 3 aromatic rings. The molecule has 6 nitrogen and oxygen atoms in total. The first-order valence-electron chi connectivity index (χ1n) is 7.80. The zero-order valence-electron chi connectivity index (χ0n) is 13.5. The standard InChI is InChI=1S/C17H15F3N4O2/c18-17(19,20)13-4-1-3-11(9-13)15-23-16(26-24-15)12-5-6-14(22-10-12)21-7-2-8-25/h1,3-6,9-10,25H,2,7-8H2,(H,21,22). The van der Waals surface area contributed by atoms with Crippen LogP contribution < -0.4 is 5.32 Å². The van der Waals surface area contributed by atoms with Gasteiger partial charge >= 0.3 is 6.18 Å². The lowest BCUT2D eigenvalue weighted by Gasteiger charge is -2.06. The van der Waals surface area contributed by atoms with Crippen molar-refractivity contribution in [1.82, 2.24) is 15.1 Å². The summed E-state index contributed by atoms with van der Waals surface area (Å²) in [6.45, 7) is 0.675. The first-order chi connectivity index (χ1) is 12.5. The lowest BCUT2D eigenvalue weighted by molar-refractivity contribution is -0.137. The van der Waals surface area contributed by atoms with E-state index in [1.54, 1.807) is 12.1 Å². The Morgan fingerprint density at radius 2 is 1.96 bits per heavy atom. The van der Waals surface area contributed by atoms with Gasteiger partial charge in [0.1, 0.15) is 5.82 Å². The summed E-state index contributed by atoms with van der Waals surface area (Å²) in [5.74, 6) is 0.850. The number of pyridine rings is 1. The van der Waals surface area contributed by atoms with Crippen LogP contribution in [0, 0.1) is 0 Å². The number of rotatable bonds is 6. The summed E-state index contributed by atoms with van der Waals surface area (Å²) in [6.07, 6.45) is -2.32. The quantitative estimate of drug-likeness (QED) is 0.650. The van der Waals surface area contributed by atoms with E-state index in [-0.39, 0.29) is 23.9 Å². The summed E-state index contributed by atoms with van der Waals surface area (Å²) in [5, 5.41) is 15.5. The summed E-state index contributed by atoms with van der Waals surface area (Å²) in [4.78, 5) is 8.33. The van der Waals surface area contributed by atoms with Crippen molar-refractivity contribution in [3.05, 3.63) is 48.2 Å². The second-order valence-corrected chi connectivity index (χ2v) is 5.44. The van der Waals surface area contributed by atoms with E-state index in [0.29, 0.717) is 24.3 Å². The van der Waals surface area contributed by atoms with Gasteiger partial charge in [-0.2, -0.15) is 18.2 Å². The lowest BCUT2D eigenvalue weighted by Crippen LogP contribution is -2.04. The van der Waals surface area contributed by atoms with E-state index in [9.17, 15) is 13.2 Å². The van der Waals surface area contributed by atoms with E-state index >= 15 is 0 Å². The molecule has 2 heterocycles. The summed E-state index contributed by atoms with van der Waals surface area (Å²) in [6, 6.07) is 8.15. The molecule has 0 aliphatic heterocycles. The van der Waals surface area contributed by atoms with Gasteiger partial charge in [-0.3, -0.25) is 0 Å². The van der Waals surface area contributed by atoms with E-state index in [4.69, 9.17) is 9.63 Å². The molecule has 0 radical (unpaired) electrons. The van der Waals surface area contributed by atoms with Crippen molar-refractivity contribution in [2.45, 2.75) is 12.6 Å². The molecule has 0 unspecified atom stereocenters. The predicted molar refractivity (Wildman–Crippen MR) is 88.2 cm³/mol. The number of aliphatic hydroxyl groups is 1. The predicted octanol–water partition coefficient (Wildman–Crippen LogP) is 3.61. The van der Waals surface area contributed by atoms with Crippen LogP contribution in [-0.4, -0.2) is 33.4 Å². The number of aromatic nitrogens is 3. The lowest BCUT2D eigenvalue weighted by atomic mass is 10.1. The van der Waals surface area contributed by atoms with Gasteiger partial charge in [-0.25, -0.2) is 4.98 Å². The summed E-state index contributed by atoms with van der Waals surface area (Å²) in [7, 11) is 0. The summed E-state index contributed by atoms with van der Waals surface area (Å²) < 4.78 is 43.6. The molecule has 2 N–H and O–H groups in total. The molecule has 9 heteroatoms. The van der Waals surface area contributed by atoms with E-state index in [1.807, 2.05) is 0 Å². The topological polar surface area (TPSA) is 84.1 Å². The molecule has 0 bridgehead atoms. The third-order valence-corrected chi connectivity index (χ3v) is 3.53. The van der Waals surface area contributed by atoms with Gasteiger partial charge in [0.2, 0.25) is 5.82 Å². The minimum atomic E-state index is -4.44. The zero-order valence-corrected chi connectivity index (χ0v) is 13.5. The number of aliphatic hydroxyl groups excluding tert-OH is 1. The Kier molecular flexibility index (Phi) is 5.17. The molecule has 0 amide bonds. The second kappa shape index (κ2) is 7.52. The van der Waals surface area contributed by atoms with Gasteiger partial charge in [0.15, 0.2) is 0 Å². The molecule has 26 heavy (non-hydrogen) atoms. The minimum absolute atomic E-state index is 0.0660. The molecule has 1 aromatic carbocycles. The maximum atomic E-state index is 12.8. The highest BCUT2D eigenvalue weighted by Crippen LogP contribution is 2.32. The van der Waals surface area contributed by atoms with Gasteiger partial charge in [-0.1, -0.05) is 17.3 Å². The summed E-state index contributed by atoms with van der Waals surface area (Å²) >= 11 is 0. The highest BCUT2D eigenvalue weighted by atomic mass is 19.4. The number of anilines is 1. The molecule has 0 aliphatic carbocycles. The van der Waals surface area contributed by atoms with Crippen LogP contribution in [0.4, 0.5) is 19.0 Å². The molecule has 0 saturated carbocycles. The first kappa shape index (κ1) is 17.9. The molecule has 0 fully saturated rings. The van der Waals surface area contributed by atoms with Crippen molar-refractivity contribution < 1.29 is 22.8 Å². The Bertz CT molecular complexity index is 863. The van der Waals surface area contributed by atoms with Gasteiger partial charge in [0.25, 0.3) is 5.89 Å². The highest BCUT2D eigenvalue weighted by molar-refractivity contribution is 5.60. The second-order valence-electron chi connectivity index (χ2n) is 5.44. The van der Waals surface area contributed by atoms with Gasteiger partial charge in [-0.15, -0.1) is 0 Å². The largest absolute Gasteiger partial charge is 0.416 e. The fraction of sp³-hybridized carbons (Fsp3) is 0.235. The number of nitrogens with one attached hydrogen (secondary N) is 1. The van der Waals surface area contributed by atoms with Crippen LogP contribution in [-0.2, 0) is 6.18 Å². The fourth-order valence-electron chi connectivity index (χ4n) is 2.21. The minimum Gasteiger partial charge on any atom is -0.396 e. The molecule has 2 aromatic heterocycles. The zero-order chi connectivity index (χ0) is 18.6. The van der Waals surface area contributed by atoms with Gasteiger partial charge < -0.3 is 14.9 Å². The molecular weight excluding hydrogens is 349 g/mol. The number of hydrogen-bond acceptors (Lipinski definition) is 6.